The smallest absolute Gasteiger partial charge is 0.163 e. The van der Waals surface area contributed by atoms with Gasteiger partial charge in [0.15, 0.2) is 11.5 Å². The minimum absolute atomic E-state index is 0.699. The van der Waals surface area contributed by atoms with E-state index in [1.165, 1.54) is 0 Å². The van der Waals surface area contributed by atoms with Crippen molar-refractivity contribution in [1.29, 1.82) is 0 Å². The highest BCUT2D eigenvalue weighted by Crippen LogP contribution is 2.30. The van der Waals surface area contributed by atoms with E-state index >= 15 is 0 Å². The molecule has 1 heterocycles. The first kappa shape index (κ1) is 12.7. The van der Waals surface area contributed by atoms with Gasteiger partial charge in [-0.25, -0.2) is 4.98 Å². The molecule has 5 nitrogen and oxygen atoms in total. The second-order valence-corrected chi connectivity index (χ2v) is 4.08. The first-order valence-corrected chi connectivity index (χ1v) is 6.09. The van der Waals surface area contributed by atoms with Gasteiger partial charge in [0.05, 0.1) is 31.8 Å². The third-order valence-electron chi connectivity index (χ3n) is 2.76. The van der Waals surface area contributed by atoms with Crippen molar-refractivity contribution in [3.8, 4) is 11.5 Å². The van der Waals surface area contributed by atoms with E-state index in [1.54, 1.807) is 14.2 Å². The molecule has 1 aromatic heterocycles. The molecule has 0 atom stereocenters. The molecule has 0 aliphatic carbocycles. The molecule has 98 valence electrons. The Kier molecular flexibility index (Phi) is 4.04. The third kappa shape index (κ3) is 2.56. The zero-order chi connectivity index (χ0) is 13.0. The van der Waals surface area contributed by atoms with Gasteiger partial charge in [0.1, 0.15) is 5.82 Å². The van der Waals surface area contributed by atoms with Crippen LogP contribution in [0.3, 0.4) is 0 Å². The number of ether oxygens (including phenoxy) is 2. The number of aromatic nitrogens is 2. The summed E-state index contributed by atoms with van der Waals surface area (Å²) in [6.45, 7) is 3.87. The molecule has 5 heteroatoms. The van der Waals surface area contributed by atoms with Gasteiger partial charge in [0.25, 0.3) is 0 Å². The summed E-state index contributed by atoms with van der Waals surface area (Å²) in [5, 5.41) is 3.31. The molecule has 2 rings (SSSR count). The lowest BCUT2D eigenvalue weighted by molar-refractivity contribution is 0.356. The number of aromatic amines is 1. The highest BCUT2D eigenvalue weighted by molar-refractivity contribution is 5.79. The number of fused-ring (bicyclic) bond motifs is 1. The Morgan fingerprint density at radius 1 is 1.22 bits per heavy atom. The Morgan fingerprint density at radius 3 is 2.61 bits per heavy atom. The summed E-state index contributed by atoms with van der Waals surface area (Å²) < 4.78 is 10.5. The minimum Gasteiger partial charge on any atom is -0.493 e. The maximum Gasteiger partial charge on any atom is 0.163 e. The second kappa shape index (κ2) is 5.73. The molecule has 0 spiro atoms. The van der Waals surface area contributed by atoms with E-state index in [1.807, 2.05) is 12.1 Å². The van der Waals surface area contributed by atoms with Gasteiger partial charge in [0, 0.05) is 12.1 Å². The van der Waals surface area contributed by atoms with Crippen LogP contribution in [0.5, 0.6) is 11.5 Å². The highest BCUT2D eigenvalue weighted by atomic mass is 16.5. The largest absolute Gasteiger partial charge is 0.493 e. The Bertz CT molecular complexity index is 481. The lowest BCUT2D eigenvalue weighted by atomic mass is 10.3. The van der Waals surface area contributed by atoms with Crippen LogP contribution < -0.4 is 14.8 Å². The zero-order valence-electron chi connectivity index (χ0n) is 11.0. The lowest BCUT2D eigenvalue weighted by Gasteiger charge is -2.06. The molecule has 0 amide bonds. The van der Waals surface area contributed by atoms with Crippen LogP contribution in [0.1, 0.15) is 19.2 Å². The number of rotatable bonds is 6. The van der Waals surface area contributed by atoms with E-state index in [0.717, 1.165) is 36.4 Å². The van der Waals surface area contributed by atoms with Gasteiger partial charge < -0.3 is 19.8 Å². The van der Waals surface area contributed by atoms with Crippen molar-refractivity contribution in [1.82, 2.24) is 15.3 Å². The predicted octanol–water partition coefficient (Wildman–Crippen LogP) is 2.08. The van der Waals surface area contributed by atoms with Crippen molar-refractivity contribution in [2.45, 2.75) is 19.9 Å². The standard InChI is InChI=1S/C13H19N3O2/c1-4-5-14-8-13-15-9-6-11(17-2)12(18-3)7-10(9)16-13/h6-7,14H,4-5,8H2,1-3H3,(H,15,16). The summed E-state index contributed by atoms with van der Waals surface area (Å²) in [7, 11) is 3.25. The van der Waals surface area contributed by atoms with Crippen LogP contribution in [-0.4, -0.2) is 30.7 Å². The second-order valence-electron chi connectivity index (χ2n) is 4.08. The normalized spacial score (nSPS) is 10.8. The van der Waals surface area contributed by atoms with Crippen LogP contribution in [0.25, 0.3) is 11.0 Å². The van der Waals surface area contributed by atoms with Crippen molar-refractivity contribution >= 4 is 11.0 Å². The molecule has 0 unspecified atom stereocenters. The van der Waals surface area contributed by atoms with Crippen LogP contribution in [0.2, 0.25) is 0 Å². The molecule has 2 aromatic rings. The van der Waals surface area contributed by atoms with Gasteiger partial charge in [-0.15, -0.1) is 0 Å². The predicted molar refractivity (Wildman–Crippen MR) is 71.2 cm³/mol. The van der Waals surface area contributed by atoms with Crippen molar-refractivity contribution in [3.63, 3.8) is 0 Å². The van der Waals surface area contributed by atoms with Crippen LogP contribution in [0.4, 0.5) is 0 Å². The lowest BCUT2D eigenvalue weighted by Crippen LogP contribution is -2.14. The molecule has 0 aliphatic heterocycles. The van der Waals surface area contributed by atoms with Gasteiger partial charge in [-0.3, -0.25) is 0 Å². The molecule has 0 saturated carbocycles. The van der Waals surface area contributed by atoms with Crippen LogP contribution in [-0.2, 0) is 6.54 Å². The third-order valence-corrected chi connectivity index (χ3v) is 2.76. The summed E-state index contributed by atoms with van der Waals surface area (Å²) in [5.41, 5.74) is 1.85. The van der Waals surface area contributed by atoms with Gasteiger partial charge in [-0.2, -0.15) is 0 Å². The number of methoxy groups -OCH3 is 2. The van der Waals surface area contributed by atoms with E-state index in [-0.39, 0.29) is 0 Å². The molecule has 0 fully saturated rings. The Morgan fingerprint density at radius 2 is 1.94 bits per heavy atom. The van der Waals surface area contributed by atoms with E-state index in [0.29, 0.717) is 11.5 Å². The number of hydrogen-bond donors (Lipinski definition) is 2. The highest BCUT2D eigenvalue weighted by Gasteiger charge is 2.09. The number of nitrogens with one attached hydrogen (secondary N) is 2. The van der Waals surface area contributed by atoms with Crippen LogP contribution in [0.15, 0.2) is 12.1 Å². The Hall–Kier alpha value is -1.75. The summed E-state index contributed by atoms with van der Waals surface area (Å²) >= 11 is 0. The summed E-state index contributed by atoms with van der Waals surface area (Å²) in [6, 6.07) is 3.79. The van der Waals surface area contributed by atoms with E-state index in [9.17, 15) is 0 Å². The quantitative estimate of drug-likeness (QED) is 0.769. The fourth-order valence-electron chi connectivity index (χ4n) is 1.86. The molecular weight excluding hydrogens is 230 g/mol. The van der Waals surface area contributed by atoms with Gasteiger partial charge >= 0.3 is 0 Å². The Balaban J connectivity index is 2.27. The molecule has 2 N–H and O–H groups in total. The average Bonchev–Trinajstić information content (AvgIpc) is 2.78. The van der Waals surface area contributed by atoms with E-state index in [2.05, 4.69) is 22.2 Å². The number of benzene rings is 1. The summed E-state index contributed by atoms with van der Waals surface area (Å²) in [4.78, 5) is 7.79. The number of H-pyrrole nitrogens is 1. The molecular formula is C13H19N3O2. The molecule has 0 bridgehead atoms. The molecule has 0 radical (unpaired) electrons. The maximum absolute atomic E-state index is 5.26. The van der Waals surface area contributed by atoms with Crippen molar-refractivity contribution in [2.24, 2.45) is 0 Å². The molecule has 1 aromatic carbocycles. The molecule has 0 aliphatic rings. The van der Waals surface area contributed by atoms with Gasteiger partial charge in [-0.05, 0) is 13.0 Å². The van der Waals surface area contributed by atoms with Crippen LogP contribution >= 0.6 is 0 Å². The summed E-state index contributed by atoms with van der Waals surface area (Å²) in [5.74, 6) is 2.33. The van der Waals surface area contributed by atoms with Gasteiger partial charge in [0.2, 0.25) is 0 Å². The first-order chi connectivity index (χ1) is 8.78. The van der Waals surface area contributed by atoms with E-state index < -0.39 is 0 Å². The Labute approximate surface area is 107 Å². The fourth-order valence-corrected chi connectivity index (χ4v) is 1.86. The number of hydrogen-bond acceptors (Lipinski definition) is 4. The van der Waals surface area contributed by atoms with Crippen molar-refractivity contribution < 1.29 is 9.47 Å². The van der Waals surface area contributed by atoms with Crippen molar-refractivity contribution in [2.75, 3.05) is 20.8 Å². The van der Waals surface area contributed by atoms with Crippen molar-refractivity contribution in [3.05, 3.63) is 18.0 Å². The van der Waals surface area contributed by atoms with Crippen LogP contribution in [0, 0.1) is 0 Å². The minimum atomic E-state index is 0.699. The average molecular weight is 249 g/mol. The fraction of sp³-hybridized carbons (Fsp3) is 0.462. The summed E-state index contributed by atoms with van der Waals surface area (Å²) in [6.07, 6.45) is 1.11. The topological polar surface area (TPSA) is 59.2 Å². The molecule has 18 heavy (non-hydrogen) atoms. The SMILES string of the molecule is CCCNCc1nc2cc(OC)c(OC)cc2[nH]1. The molecule has 0 saturated heterocycles. The maximum atomic E-state index is 5.26. The van der Waals surface area contributed by atoms with E-state index in [4.69, 9.17) is 9.47 Å². The zero-order valence-corrected chi connectivity index (χ0v) is 11.0. The monoisotopic (exact) mass is 249 g/mol. The van der Waals surface area contributed by atoms with Gasteiger partial charge in [-0.1, -0.05) is 6.92 Å². The number of nitrogens with zero attached hydrogens (tertiary/aromatic N) is 1. The first-order valence-electron chi connectivity index (χ1n) is 6.09. The number of imidazole rings is 1.